The molecular weight excluding hydrogens is 246 g/mol. The van der Waals surface area contributed by atoms with Crippen LogP contribution in [0.2, 0.25) is 0 Å². The summed E-state index contributed by atoms with van der Waals surface area (Å²) in [6, 6.07) is 5.17. The van der Waals surface area contributed by atoms with Gasteiger partial charge in [-0.05, 0) is 25.1 Å². The third kappa shape index (κ3) is 4.84. The maximum atomic E-state index is 10.8. The third-order valence-corrected chi connectivity index (χ3v) is 2.87. The lowest BCUT2D eigenvalue weighted by Gasteiger charge is -2.16. The minimum absolute atomic E-state index is 0.105. The van der Waals surface area contributed by atoms with Crippen LogP contribution in [0.4, 0.5) is 11.4 Å². The molecule has 1 aromatic carbocycles. The molecule has 0 saturated carbocycles. The molecule has 1 rings (SSSR count). The van der Waals surface area contributed by atoms with Crippen LogP contribution in [0.5, 0.6) is 0 Å². The normalized spacial score (nSPS) is 10.7. The molecule has 0 fully saturated rings. The molecule has 0 bridgehead atoms. The van der Waals surface area contributed by atoms with E-state index in [1.165, 1.54) is 0 Å². The molecule has 0 saturated heterocycles. The first-order valence-corrected chi connectivity index (χ1v) is 6.21. The van der Waals surface area contributed by atoms with Crippen LogP contribution in [0.25, 0.3) is 0 Å². The van der Waals surface area contributed by atoms with Gasteiger partial charge in [-0.25, -0.2) is 0 Å². The van der Waals surface area contributed by atoms with E-state index in [0.29, 0.717) is 5.69 Å². The lowest BCUT2D eigenvalue weighted by Crippen LogP contribution is -2.20. The van der Waals surface area contributed by atoms with Crippen LogP contribution in [0.3, 0.4) is 0 Å². The van der Waals surface area contributed by atoms with Crippen LogP contribution in [0.1, 0.15) is 12.0 Å². The topological polar surface area (TPSA) is 67.6 Å². The minimum atomic E-state index is -0.377. The van der Waals surface area contributed by atoms with Gasteiger partial charge in [0.15, 0.2) is 0 Å². The number of nitro groups is 1. The fourth-order valence-corrected chi connectivity index (χ4v) is 1.91. The van der Waals surface area contributed by atoms with Gasteiger partial charge < -0.3 is 15.0 Å². The average Bonchev–Trinajstić information content (AvgIpc) is 2.38. The summed E-state index contributed by atoms with van der Waals surface area (Å²) in [6.45, 7) is 2.43. The van der Waals surface area contributed by atoms with Crippen molar-refractivity contribution < 1.29 is 9.66 Å². The van der Waals surface area contributed by atoms with E-state index in [-0.39, 0.29) is 10.6 Å². The van der Waals surface area contributed by atoms with E-state index in [2.05, 4.69) is 10.2 Å². The number of rotatable bonds is 8. The zero-order valence-electron chi connectivity index (χ0n) is 11.7. The molecule has 0 radical (unpaired) electrons. The van der Waals surface area contributed by atoms with E-state index in [9.17, 15) is 10.1 Å². The maximum absolute atomic E-state index is 10.8. The van der Waals surface area contributed by atoms with Crippen LogP contribution in [0, 0.1) is 10.1 Å². The summed E-state index contributed by atoms with van der Waals surface area (Å²) < 4.78 is 5.01. The second kappa shape index (κ2) is 7.70. The Morgan fingerprint density at radius 2 is 2.21 bits per heavy atom. The molecule has 0 amide bonds. The highest BCUT2D eigenvalue weighted by atomic mass is 16.6. The van der Waals surface area contributed by atoms with Crippen molar-refractivity contribution in [2.24, 2.45) is 0 Å². The summed E-state index contributed by atoms with van der Waals surface area (Å²) >= 11 is 0. The summed E-state index contributed by atoms with van der Waals surface area (Å²) in [4.78, 5) is 12.6. The first kappa shape index (κ1) is 15.4. The van der Waals surface area contributed by atoms with Gasteiger partial charge in [0.2, 0.25) is 0 Å². The molecule has 19 heavy (non-hydrogen) atoms. The zero-order chi connectivity index (χ0) is 14.3. The van der Waals surface area contributed by atoms with Gasteiger partial charge in [0.25, 0.3) is 5.69 Å². The van der Waals surface area contributed by atoms with Gasteiger partial charge in [0.05, 0.1) is 4.92 Å². The fourth-order valence-electron chi connectivity index (χ4n) is 1.91. The van der Waals surface area contributed by atoms with Gasteiger partial charge in [-0.15, -0.1) is 0 Å². The summed E-state index contributed by atoms with van der Waals surface area (Å²) in [5.74, 6) is 0. The number of hydrogen-bond donors (Lipinski definition) is 1. The fraction of sp³-hybridized carbons (Fsp3) is 0.538. The van der Waals surface area contributed by atoms with Crippen LogP contribution in [-0.2, 0) is 11.3 Å². The number of methoxy groups -OCH3 is 1. The summed E-state index contributed by atoms with van der Waals surface area (Å²) in [5.41, 5.74) is 1.70. The highest BCUT2D eigenvalue weighted by Gasteiger charge is 2.13. The van der Waals surface area contributed by atoms with Crippen molar-refractivity contribution in [1.29, 1.82) is 0 Å². The lowest BCUT2D eigenvalue weighted by molar-refractivity contribution is -0.384. The number of benzene rings is 1. The molecular formula is C13H21N3O3. The Kier molecular flexibility index (Phi) is 6.24. The average molecular weight is 267 g/mol. The number of nitrogens with zero attached hydrogens (tertiary/aromatic N) is 2. The monoisotopic (exact) mass is 267 g/mol. The van der Waals surface area contributed by atoms with Gasteiger partial charge in [0, 0.05) is 39.9 Å². The largest absolute Gasteiger partial charge is 0.385 e. The van der Waals surface area contributed by atoms with Crippen molar-refractivity contribution in [2.45, 2.75) is 13.0 Å². The standard InChI is InChI=1S/C13H21N3O3/c1-14-12-9-11(5-6-13(12)16(17)18)10-15(2)7-4-8-19-3/h5-6,9,14H,4,7-8,10H2,1-3H3. The van der Waals surface area contributed by atoms with E-state index in [1.807, 2.05) is 13.1 Å². The van der Waals surface area contributed by atoms with E-state index in [4.69, 9.17) is 4.74 Å². The van der Waals surface area contributed by atoms with Crippen molar-refractivity contribution in [3.8, 4) is 0 Å². The molecule has 0 heterocycles. The van der Waals surface area contributed by atoms with E-state index >= 15 is 0 Å². The van der Waals surface area contributed by atoms with Crippen molar-refractivity contribution in [2.75, 3.05) is 39.7 Å². The molecule has 0 aliphatic carbocycles. The quantitative estimate of drug-likeness (QED) is 0.444. The summed E-state index contributed by atoms with van der Waals surface area (Å²) in [5, 5.41) is 13.7. The van der Waals surface area contributed by atoms with Gasteiger partial charge in [0.1, 0.15) is 5.69 Å². The Morgan fingerprint density at radius 3 is 2.79 bits per heavy atom. The smallest absolute Gasteiger partial charge is 0.292 e. The van der Waals surface area contributed by atoms with Crippen LogP contribution < -0.4 is 5.32 Å². The van der Waals surface area contributed by atoms with Crippen LogP contribution in [-0.4, -0.2) is 44.2 Å². The molecule has 1 N–H and O–H groups in total. The van der Waals surface area contributed by atoms with Crippen molar-refractivity contribution >= 4 is 11.4 Å². The van der Waals surface area contributed by atoms with Crippen LogP contribution in [0.15, 0.2) is 18.2 Å². The Labute approximate surface area is 113 Å². The molecule has 6 nitrogen and oxygen atoms in total. The minimum Gasteiger partial charge on any atom is -0.385 e. The Hall–Kier alpha value is -1.66. The molecule has 0 aromatic heterocycles. The van der Waals surface area contributed by atoms with Gasteiger partial charge >= 0.3 is 0 Å². The number of hydrogen-bond acceptors (Lipinski definition) is 5. The van der Waals surface area contributed by atoms with Gasteiger partial charge in [-0.2, -0.15) is 0 Å². The molecule has 0 aliphatic rings. The predicted octanol–water partition coefficient (Wildman–Crippen LogP) is 2.10. The highest BCUT2D eigenvalue weighted by Crippen LogP contribution is 2.25. The molecule has 0 aliphatic heterocycles. The second-order valence-corrected chi connectivity index (χ2v) is 4.44. The van der Waals surface area contributed by atoms with E-state index < -0.39 is 0 Å². The number of ether oxygens (including phenoxy) is 1. The van der Waals surface area contributed by atoms with E-state index in [1.54, 1.807) is 26.3 Å². The van der Waals surface area contributed by atoms with Crippen molar-refractivity contribution in [3.63, 3.8) is 0 Å². The Bertz CT molecular complexity index is 424. The van der Waals surface area contributed by atoms with E-state index in [0.717, 1.165) is 31.7 Å². The molecule has 1 aromatic rings. The Morgan fingerprint density at radius 1 is 1.47 bits per heavy atom. The second-order valence-electron chi connectivity index (χ2n) is 4.44. The van der Waals surface area contributed by atoms with Crippen molar-refractivity contribution in [3.05, 3.63) is 33.9 Å². The lowest BCUT2D eigenvalue weighted by atomic mass is 10.1. The predicted molar refractivity (Wildman–Crippen MR) is 75.5 cm³/mol. The molecule has 0 spiro atoms. The third-order valence-electron chi connectivity index (χ3n) is 2.87. The van der Waals surface area contributed by atoms with Crippen molar-refractivity contribution in [1.82, 2.24) is 4.90 Å². The maximum Gasteiger partial charge on any atom is 0.292 e. The Balaban J connectivity index is 2.66. The molecule has 0 unspecified atom stereocenters. The first-order chi connectivity index (χ1) is 9.08. The zero-order valence-corrected chi connectivity index (χ0v) is 11.7. The number of nitro benzene ring substituents is 1. The summed E-state index contributed by atoms with van der Waals surface area (Å²) in [7, 11) is 5.40. The van der Waals surface area contributed by atoms with Gasteiger partial charge in [-0.1, -0.05) is 6.07 Å². The molecule has 6 heteroatoms. The highest BCUT2D eigenvalue weighted by molar-refractivity contribution is 5.62. The first-order valence-electron chi connectivity index (χ1n) is 6.21. The summed E-state index contributed by atoms with van der Waals surface area (Å²) in [6.07, 6.45) is 0.971. The molecule has 0 atom stereocenters. The number of anilines is 1. The van der Waals surface area contributed by atoms with Crippen LogP contribution >= 0.6 is 0 Å². The van der Waals surface area contributed by atoms with Gasteiger partial charge in [-0.3, -0.25) is 10.1 Å². The molecule has 106 valence electrons. The number of nitrogens with one attached hydrogen (secondary N) is 1. The SMILES string of the molecule is CNc1cc(CN(C)CCCOC)ccc1[N+](=O)[O-].